The lowest BCUT2D eigenvalue weighted by molar-refractivity contribution is 0.0911. The maximum Gasteiger partial charge on any atom is 0.270 e. The molecule has 1 N–H and O–H groups in total. The summed E-state index contributed by atoms with van der Waals surface area (Å²) >= 11 is 0. The third-order valence-corrected chi connectivity index (χ3v) is 5.76. The maximum atomic E-state index is 12.8. The Morgan fingerprint density at radius 1 is 1.14 bits per heavy atom. The van der Waals surface area contributed by atoms with Gasteiger partial charge in [0.1, 0.15) is 11.2 Å². The Bertz CT molecular complexity index is 1040. The summed E-state index contributed by atoms with van der Waals surface area (Å²) in [6, 6.07) is 15.6. The molecule has 0 spiro atoms. The zero-order valence-corrected chi connectivity index (χ0v) is 16.6. The van der Waals surface area contributed by atoms with Gasteiger partial charge in [0, 0.05) is 18.9 Å². The third kappa shape index (κ3) is 4.22. The van der Waals surface area contributed by atoms with Crippen LogP contribution in [-0.2, 0) is 0 Å². The topological polar surface area (TPSA) is 66.7 Å². The Labute approximate surface area is 170 Å². The van der Waals surface area contributed by atoms with Crippen LogP contribution in [0.5, 0.6) is 0 Å². The SMILES string of the molecule is CC1CCN(C(CNC(=O)c2cnc3ccccn3c2=O)c2ccccc2)CC1. The van der Waals surface area contributed by atoms with Crippen LogP contribution in [0.25, 0.3) is 5.65 Å². The number of pyridine rings is 1. The number of carbonyl (C=O) groups is 1. The molecule has 1 amide bonds. The van der Waals surface area contributed by atoms with E-state index < -0.39 is 0 Å². The highest BCUT2D eigenvalue weighted by Gasteiger charge is 2.25. The molecular weight excluding hydrogens is 364 g/mol. The normalized spacial score (nSPS) is 16.6. The number of amides is 1. The molecular formula is C23H26N4O2. The molecule has 3 aromatic rings. The van der Waals surface area contributed by atoms with E-state index in [9.17, 15) is 9.59 Å². The van der Waals surface area contributed by atoms with E-state index in [1.807, 2.05) is 24.3 Å². The van der Waals surface area contributed by atoms with Crippen molar-refractivity contribution in [2.24, 2.45) is 5.92 Å². The van der Waals surface area contributed by atoms with E-state index in [2.05, 4.69) is 34.3 Å². The van der Waals surface area contributed by atoms with Gasteiger partial charge in [-0.3, -0.25) is 18.9 Å². The number of aromatic nitrogens is 2. The van der Waals surface area contributed by atoms with Crippen LogP contribution in [0.4, 0.5) is 0 Å². The van der Waals surface area contributed by atoms with Crippen molar-refractivity contribution in [1.82, 2.24) is 19.6 Å². The van der Waals surface area contributed by atoms with Gasteiger partial charge in [-0.25, -0.2) is 4.98 Å². The summed E-state index contributed by atoms with van der Waals surface area (Å²) in [6.45, 7) is 4.76. The lowest BCUT2D eigenvalue weighted by Crippen LogP contribution is -2.42. The van der Waals surface area contributed by atoms with E-state index >= 15 is 0 Å². The molecule has 6 nitrogen and oxygen atoms in total. The summed E-state index contributed by atoms with van der Waals surface area (Å²) in [5, 5.41) is 2.98. The number of fused-ring (bicyclic) bond motifs is 1. The first-order valence-electron chi connectivity index (χ1n) is 10.2. The maximum absolute atomic E-state index is 12.8. The molecule has 3 heterocycles. The number of benzene rings is 1. The highest BCUT2D eigenvalue weighted by Crippen LogP contribution is 2.26. The number of nitrogens with one attached hydrogen (secondary N) is 1. The minimum atomic E-state index is -0.382. The zero-order valence-electron chi connectivity index (χ0n) is 16.6. The van der Waals surface area contributed by atoms with E-state index in [1.54, 1.807) is 18.3 Å². The van der Waals surface area contributed by atoms with Crippen molar-refractivity contribution in [3.63, 3.8) is 0 Å². The van der Waals surface area contributed by atoms with Gasteiger partial charge in [-0.2, -0.15) is 0 Å². The average Bonchev–Trinajstić information content (AvgIpc) is 2.76. The monoisotopic (exact) mass is 390 g/mol. The van der Waals surface area contributed by atoms with Crippen LogP contribution in [0.2, 0.25) is 0 Å². The molecule has 6 heteroatoms. The van der Waals surface area contributed by atoms with Gasteiger partial charge in [0.15, 0.2) is 0 Å². The van der Waals surface area contributed by atoms with Gasteiger partial charge in [0.25, 0.3) is 11.5 Å². The number of rotatable bonds is 5. The second-order valence-corrected chi connectivity index (χ2v) is 7.76. The van der Waals surface area contributed by atoms with Crippen LogP contribution >= 0.6 is 0 Å². The zero-order chi connectivity index (χ0) is 20.2. The van der Waals surface area contributed by atoms with Crippen LogP contribution in [0.15, 0.2) is 65.7 Å². The van der Waals surface area contributed by atoms with Gasteiger partial charge in [-0.1, -0.05) is 43.3 Å². The summed E-state index contributed by atoms with van der Waals surface area (Å²) in [6.07, 6.45) is 5.32. The number of hydrogen-bond acceptors (Lipinski definition) is 4. The number of nitrogens with zero attached hydrogens (tertiary/aromatic N) is 3. The Balaban J connectivity index is 1.53. The second kappa shape index (κ2) is 8.57. The minimum absolute atomic E-state index is 0.0628. The van der Waals surface area contributed by atoms with Crippen LogP contribution < -0.4 is 10.9 Å². The molecule has 1 aliphatic heterocycles. The molecule has 0 saturated carbocycles. The van der Waals surface area contributed by atoms with E-state index in [0.29, 0.717) is 12.2 Å². The predicted octanol–water partition coefficient (Wildman–Crippen LogP) is 2.90. The van der Waals surface area contributed by atoms with E-state index in [-0.39, 0.29) is 23.1 Å². The van der Waals surface area contributed by atoms with Gasteiger partial charge in [-0.15, -0.1) is 0 Å². The van der Waals surface area contributed by atoms with Crippen molar-refractivity contribution in [3.05, 3.63) is 82.4 Å². The Morgan fingerprint density at radius 2 is 1.86 bits per heavy atom. The molecule has 1 aromatic carbocycles. The van der Waals surface area contributed by atoms with Crippen molar-refractivity contribution in [1.29, 1.82) is 0 Å². The predicted molar refractivity (Wildman–Crippen MR) is 113 cm³/mol. The lowest BCUT2D eigenvalue weighted by atomic mass is 9.95. The summed E-state index contributed by atoms with van der Waals surface area (Å²) in [7, 11) is 0. The van der Waals surface area contributed by atoms with Crippen LogP contribution in [0.3, 0.4) is 0 Å². The van der Waals surface area contributed by atoms with Crippen LogP contribution in [0.1, 0.15) is 41.7 Å². The highest BCUT2D eigenvalue weighted by molar-refractivity contribution is 5.93. The molecule has 29 heavy (non-hydrogen) atoms. The van der Waals surface area contributed by atoms with Crippen molar-refractivity contribution >= 4 is 11.6 Å². The van der Waals surface area contributed by atoms with Crippen molar-refractivity contribution in [2.75, 3.05) is 19.6 Å². The number of piperidine rings is 1. The van der Waals surface area contributed by atoms with Gasteiger partial charge in [0.05, 0.1) is 6.04 Å². The van der Waals surface area contributed by atoms with Crippen molar-refractivity contribution in [3.8, 4) is 0 Å². The largest absolute Gasteiger partial charge is 0.350 e. The standard InChI is InChI=1S/C23H26N4O2/c1-17-10-13-26(14-11-17)20(18-7-3-2-4-8-18)16-25-22(28)19-15-24-21-9-5-6-12-27(21)23(19)29/h2-9,12,15,17,20H,10-11,13-14,16H2,1H3,(H,25,28). The Kier molecular flexibility index (Phi) is 5.71. The van der Waals surface area contributed by atoms with Crippen LogP contribution in [-0.4, -0.2) is 39.8 Å². The number of likely N-dealkylation sites (tertiary alicyclic amines) is 1. The smallest absolute Gasteiger partial charge is 0.270 e. The van der Waals surface area contributed by atoms with Gasteiger partial charge < -0.3 is 5.32 Å². The second-order valence-electron chi connectivity index (χ2n) is 7.76. The molecule has 1 aliphatic rings. The van der Waals surface area contributed by atoms with Gasteiger partial charge in [-0.05, 0) is 49.5 Å². The molecule has 1 saturated heterocycles. The first-order valence-corrected chi connectivity index (χ1v) is 10.2. The number of carbonyl (C=O) groups excluding carboxylic acids is 1. The third-order valence-electron chi connectivity index (χ3n) is 5.76. The number of hydrogen-bond donors (Lipinski definition) is 1. The summed E-state index contributed by atoms with van der Waals surface area (Å²) in [4.78, 5) is 32.1. The minimum Gasteiger partial charge on any atom is -0.350 e. The van der Waals surface area contributed by atoms with Gasteiger partial charge >= 0.3 is 0 Å². The molecule has 0 aliphatic carbocycles. The fourth-order valence-electron chi connectivity index (χ4n) is 3.94. The summed E-state index contributed by atoms with van der Waals surface area (Å²) < 4.78 is 1.40. The van der Waals surface area contributed by atoms with E-state index in [0.717, 1.165) is 31.8 Å². The highest BCUT2D eigenvalue weighted by atomic mass is 16.2. The first kappa shape index (κ1) is 19.3. The molecule has 1 unspecified atom stereocenters. The molecule has 2 aromatic heterocycles. The summed E-state index contributed by atoms with van der Waals surface area (Å²) in [5.41, 5.74) is 1.42. The summed E-state index contributed by atoms with van der Waals surface area (Å²) in [5.74, 6) is 0.355. The van der Waals surface area contributed by atoms with E-state index in [1.165, 1.54) is 16.2 Å². The molecule has 4 rings (SSSR count). The van der Waals surface area contributed by atoms with E-state index in [4.69, 9.17) is 0 Å². The molecule has 150 valence electrons. The van der Waals surface area contributed by atoms with Crippen LogP contribution in [0, 0.1) is 5.92 Å². The fraction of sp³-hybridized carbons (Fsp3) is 0.348. The average molecular weight is 390 g/mol. The van der Waals surface area contributed by atoms with Crippen molar-refractivity contribution in [2.45, 2.75) is 25.8 Å². The molecule has 0 radical (unpaired) electrons. The molecule has 0 bridgehead atoms. The first-order chi connectivity index (χ1) is 14.1. The van der Waals surface area contributed by atoms with Crippen molar-refractivity contribution < 1.29 is 4.79 Å². The molecule has 1 atom stereocenters. The van der Waals surface area contributed by atoms with Gasteiger partial charge in [0.2, 0.25) is 0 Å². The lowest BCUT2D eigenvalue weighted by Gasteiger charge is -2.37. The fourth-order valence-corrected chi connectivity index (χ4v) is 3.94. The quantitative estimate of drug-likeness (QED) is 0.727. The Morgan fingerprint density at radius 3 is 2.62 bits per heavy atom. The Hall–Kier alpha value is -2.99. The molecule has 1 fully saturated rings.